The number of halogens is 2. The number of allylic oxidation sites excluding steroid dienone is 1. The molecular weight excluding hydrogens is 175 g/mol. The van der Waals surface area contributed by atoms with Crippen LogP contribution in [-0.2, 0) is 0 Å². The lowest BCUT2D eigenvalue weighted by Gasteiger charge is -2.02. The predicted molar refractivity (Wildman–Crippen MR) is 50.6 cm³/mol. The van der Waals surface area contributed by atoms with Gasteiger partial charge in [0.25, 0.3) is 0 Å². The molecule has 64 valence electrons. The Hall–Kier alpha value is -0.820. The molecule has 0 saturated carbocycles. The van der Waals surface area contributed by atoms with Crippen molar-refractivity contribution in [3.05, 3.63) is 41.2 Å². The van der Waals surface area contributed by atoms with Gasteiger partial charge in [-0.1, -0.05) is 48.9 Å². The summed E-state index contributed by atoms with van der Waals surface area (Å²) < 4.78 is 12.7. The fraction of sp³-hybridized carbons (Fsp3) is 0.200. The number of hydrogen-bond donors (Lipinski definition) is 0. The number of benzene rings is 1. The molecule has 0 atom stereocenters. The average Bonchev–Trinajstić information content (AvgIpc) is 2.07. The van der Waals surface area contributed by atoms with Crippen LogP contribution in [-0.4, -0.2) is 0 Å². The van der Waals surface area contributed by atoms with E-state index in [0.717, 1.165) is 5.56 Å². The van der Waals surface area contributed by atoms with E-state index in [1.165, 1.54) is 0 Å². The SMILES string of the molecule is CC/C(=C(\F)Cl)c1ccccc1. The van der Waals surface area contributed by atoms with Gasteiger partial charge in [-0.25, -0.2) is 0 Å². The fourth-order valence-electron chi connectivity index (χ4n) is 1.09. The van der Waals surface area contributed by atoms with Crippen molar-refractivity contribution in [3.63, 3.8) is 0 Å². The maximum Gasteiger partial charge on any atom is 0.192 e. The van der Waals surface area contributed by atoms with Crippen LogP contribution in [0.3, 0.4) is 0 Å². The molecule has 0 N–H and O–H groups in total. The molecule has 1 aromatic carbocycles. The zero-order valence-corrected chi connectivity index (χ0v) is 7.61. The van der Waals surface area contributed by atoms with E-state index in [-0.39, 0.29) is 0 Å². The molecule has 0 bridgehead atoms. The largest absolute Gasteiger partial charge is 0.193 e. The van der Waals surface area contributed by atoms with Gasteiger partial charge in [0.1, 0.15) is 0 Å². The maximum atomic E-state index is 12.7. The summed E-state index contributed by atoms with van der Waals surface area (Å²) in [6.07, 6.45) is 0.610. The van der Waals surface area contributed by atoms with Gasteiger partial charge in [0, 0.05) is 5.57 Å². The van der Waals surface area contributed by atoms with Crippen LogP contribution in [0.2, 0.25) is 0 Å². The Labute approximate surface area is 76.7 Å². The zero-order chi connectivity index (χ0) is 8.97. The van der Waals surface area contributed by atoms with E-state index < -0.39 is 5.29 Å². The molecule has 0 aliphatic carbocycles. The van der Waals surface area contributed by atoms with Crippen LogP contribution in [0.4, 0.5) is 4.39 Å². The first-order valence-corrected chi connectivity index (χ1v) is 4.23. The fourth-order valence-corrected chi connectivity index (χ4v) is 1.33. The van der Waals surface area contributed by atoms with Crippen molar-refractivity contribution in [3.8, 4) is 0 Å². The lowest BCUT2D eigenvalue weighted by Crippen LogP contribution is -1.82. The van der Waals surface area contributed by atoms with Crippen molar-refractivity contribution in [2.45, 2.75) is 13.3 Å². The van der Waals surface area contributed by atoms with Gasteiger partial charge in [-0.15, -0.1) is 0 Å². The third kappa shape index (κ3) is 2.08. The summed E-state index contributed by atoms with van der Waals surface area (Å²) in [5.74, 6) is 0. The molecule has 0 nitrogen and oxygen atoms in total. The standard InChI is InChI=1S/C10H10ClF/c1-2-9(10(11)12)8-6-4-3-5-7-8/h3-7H,2H2,1H3/b10-9+. The zero-order valence-electron chi connectivity index (χ0n) is 6.85. The summed E-state index contributed by atoms with van der Waals surface area (Å²) in [4.78, 5) is 0. The second-order valence-electron chi connectivity index (χ2n) is 2.46. The minimum absolute atomic E-state index is 0.567. The van der Waals surface area contributed by atoms with Gasteiger partial charge in [-0.3, -0.25) is 0 Å². The van der Waals surface area contributed by atoms with Crippen LogP contribution in [0.1, 0.15) is 18.9 Å². The molecule has 2 heteroatoms. The van der Waals surface area contributed by atoms with Crippen molar-refractivity contribution in [2.75, 3.05) is 0 Å². The van der Waals surface area contributed by atoms with E-state index in [2.05, 4.69) is 0 Å². The first-order chi connectivity index (χ1) is 5.75. The van der Waals surface area contributed by atoms with Crippen LogP contribution in [0.15, 0.2) is 35.6 Å². The van der Waals surface area contributed by atoms with Gasteiger partial charge in [-0.2, -0.15) is 4.39 Å². The smallest absolute Gasteiger partial charge is 0.192 e. The Kier molecular flexibility index (Phi) is 3.30. The summed E-state index contributed by atoms with van der Waals surface area (Å²) in [7, 11) is 0. The molecule has 0 aliphatic rings. The van der Waals surface area contributed by atoms with Gasteiger partial charge in [-0.05, 0) is 12.0 Å². The Bertz CT molecular complexity index is 273. The highest BCUT2D eigenvalue weighted by Crippen LogP contribution is 2.24. The molecule has 0 unspecified atom stereocenters. The van der Waals surface area contributed by atoms with Crippen molar-refractivity contribution in [1.82, 2.24) is 0 Å². The average molecular weight is 185 g/mol. The highest BCUT2D eigenvalue weighted by molar-refractivity contribution is 6.31. The molecule has 0 heterocycles. The lowest BCUT2D eigenvalue weighted by molar-refractivity contribution is 0.694. The molecule has 0 amide bonds. The van der Waals surface area contributed by atoms with E-state index in [1.54, 1.807) is 0 Å². The summed E-state index contributed by atoms with van der Waals surface area (Å²) in [6, 6.07) is 9.32. The lowest BCUT2D eigenvalue weighted by atomic mass is 10.1. The van der Waals surface area contributed by atoms with Crippen LogP contribution < -0.4 is 0 Å². The monoisotopic (exact) mass is 184 g/mol. The van der Waals surface area contributed by atoms with Gasteiger partial charge in [0.15, 0.2) is 5.29 Å². The Morgan fingerprint density at radius 3 is 2.33 bits per heavy atom. The van der Waals surface area contributed by atoms with Crippen LogP contribution >= 0.6 is 11.6 Å². The van der Waals surface area contributed by atoms with Crippen LogP contribution in [0, 0.1) is 0 Å². The molecule has 0 spiro atoms. The molecular formula is C10H10ClF. The first-order valence-electron chi connectivity index (χ1n) is 3.85. The van der Waals surface area contributed by atoms with Crippen molar-refractivity contribution < 1.29 is 4.39 Å². The van der Waals surface area contributed by atoms with Gasteiger partial charge >= 0.3 is 0 Å². The first kappa shape index (κ1) is 9.27. The molecule has 1 rings (SSSR count). The quantitative estimate of drug-likeness (QED) is 0.653. The third-order valence-corrected chi connectivity index (χ3v) is 1.93. The summed E-state index contributed by atoms with van der Waals surface area (Å²) >= 11 is 5.29. The number of hydrogen-bond acceptors (Lipinski definition) is 0. The van der Waals surface area contributed by atoms with Gasteiger partial charge in [0.2, 0.25) is 0 Å². The van der Waals surface area contributed by atoms with Crippen molar-refractivity contribution >= 4 is 17.2 Å². The minimum atomic E-state index is -0.608. The van der Waals surface area contributed by atoms with Gasteiger partial charge < -0.3 is 0 Å². The van der Waals surface area contributed by atoms with E-state index in [0.29, 0.717) is 12.0 Å². The molecule has 12 heavy (non-hydrogen) atoms. The topological polar surface area (TPSA) is 0 Å². The van der Waals surface area contributed by atoms with E-state index in [9.17, 15) is 4.39 Å². The Morgan fingerprint density at radius 2 is 1.92 bits per heavy atom. The molecule has 1 aromatic rings. The molecule has 0 fully saturated rings. The molecule has 0 saturated heterocycles. The minimum Gasteiger partial charge on any atom is -0.193 e. The van der Waals surface area contributed by atoms with E-state index in [1.807, 2.05) is 37.3 Å². The van der Waals surface area contributed by atoms with Crippen LogP contribution in [0.5, 0.6) is 0 Å². The second-order valence-corrected chi connectivity index (χ2v) is 2.79. The molecule has 0 radical (unpaired) electrons. The van der Waals surface area contributed by atoms with E-state index >= 15 is 0 Å². The number of rotatable bonds is 2. The Balaban J connectivity index is 3.05. The van der Waals surface area contributed by atoms with E-state index in [4.69, 9.17) is 11.6 Å². The summed E-state index contributed by atoms with van der Waals surface area (Å²) in [5.41, 5.74) is 1.42. The van der Waals surface area contributed by atoms with Crippen molar-refractivity contribution in [1.29, 1.82) is 0 Å². The summed E-state index contributed by atoms with van der Waals surface area (Å²) in [5, 5.41) is -0.608. The predicted octanol–water partition coefficient (Wildman–Crippen LogP) is 3.97. The summed E-state index contributed by atoms with van der Waals surface area (Å²) in [6.45, 7) is 1.88. The highest BCUT2D eigenvalue weighted by Gasteiger charge is 2.03. The van der Waals surface area contributed by atoms with Crippen molar-refractivity contribution in [2.24, 2.45) is 0 Å². The molecule has 0 aliphatic heterocycles. The highest BCUT2D eigenvalue weighted by atomic mass is 35.5. The normalized spacial score (nSPS) is 12.6. The maximum absolute atomic E-state index is 12.7. The Morgan fingerprint density at radius 1 is 1.33 bits per heavy atom. The molecule has 0 aromatic heterocycles. The van der Waals surface area contributed by atoms with Gasteiger partial charge in [0.05, 0.1) is 0 Å². The second kappa shape index (κ2) is 4.27. The van der Waals surface area contributed by atoms with Crippen LogP contribution in [0.25, 0.3) is 5.57 Å². The third-order valence-electron chi connectivity index (χ3n) is 1.70.